The van der Waals surface area contributed by atoms with Crippen LogP contribution < -0.4 is 0 Å². The molecule has 0 aliphatic rings. The van der Waals surface area contributed by atoms with Crippen molar-refractivity contribution >= 4 is 5.97 Å². The van der Waals surface area contributed by atoms with Crippen LogP contribution in [0.15, 0.2) is 0 Å². The van der Waals surface area contributed by atoms with Crippen molar-refractivity contribution in [2.75, 3.05) is 0 Å². The summed E-state index contributed by atoms with van der Waals surface area (Å²) in [7, 11) is 0. The Kier molecular flexibility index (Phi) is 4.85. The van der Waals surface area contributed by atoms with Crippen LogP contribution in [0.2, 0.25) is 0 Å². The third kappa shape index (κ3) is 4.31. The fourth-order valence-corrected chi connectivity index (χ4v) is 0.992. The molecule has 0 fully saturated rings. The van der Waals surface area contributed by atoms with Crippen molar-refractivity contribution in [2.24, 2.45) is 5.92 Å². The van der Waals surface area contributed by atoms with Crippen LogP contribution in [-0.4, -0.2) is 33.5 Å². The van der Waals surface area contributed by atoms with Crippen LogP contribution >= 0.6 is 0 Å². The van der Waals surface area contributed by atoms with Crippen LogP contribution in [-0.2, 0) is 4.79 Å². The van der Waals surface area contributed by atoms with Gasteiger partial charge in [-0.1, -0.05) is 0 Å². The zero-order chi connectivity index (χ0) is 9.72. The number of rotatable bonds is 5. The molecule has 0 aliphatic heterocycles. The summed E-state index contributed by atoms with van der Waals surface area (Å²) < 4.78 is 0. The number of aliphatic hydroxyl groups is 2. The third-order valence-corrected chi connectivity index (χ3v) is 1.79. The molecule has 3 atom stereocenters. The first-order chi connectivity index (χ1) is 5.45. The maximum Gasteiger partial charge on any atom is 0.309 e. The zero-order valence-corrected chi connectivity index (χ0v) is 7.40. The van der Waals surface area contributed by atoms with Gasteiger partial charge in [-0.05, 0) is 26.7 Å². The molecule has 0 saturated heterocycles. The number of carboxylic acid groups (broad SMARTS) is 1. The van der Waals surface area contributed by atoms with Crippen LogP contribution in [0.1, 0.15) is 26.7 Å². The number of hydrogen-bond acceptors (Lipinski definition) is 3. The molecule has 0 aromatic carbocycles. The van der Waals surface area contributed by atoms with E-state index in [1.807, 2.05) is 0 Å². The first-order valence-corrected chi connectivity index (χ1v) is 4.04. The summed E-state index contributed by atoms with van der Waals surface area (Å²) in [4.78, 5) is 10.5. The predicted molar refractivity (Wildman–Crippen MR) is 43.7 cm³/mol. The minimum Gasteiger partial charge on any atom is -0.481 e. The van der Waals surface area contributed by atoms with Crippen molar-refractivity contribution in [2.45, 2.75) is 38.9 Å². The number of aliphatic carboxylic acids is 1. The maximum absolute atomic E-state index is 10.5. The van der Waals surface area contributed by atoms with Crippen LogP contribution in [0.25, 0.3) is 0 Å². The second kappa shape index (κ2) is 5.11. The van der Waals surface area contributed by atoms with E-state index in [0.29, 0.717) is 12.8 Å². The Hall–Kier alpha value is -0.610. The molecule has 72 valence electrons. The van der Waals surface area contributed by atoms with E-state index in [1.165, 1.54) is 6.92 Å². The molecule has 0 bridgehead atoms. The summed E-state index contributed by atoms with van der Waals surface area (Å²) in [5.74, 6) is -1.77. The van der Waals surface area contributed by atoms with Gasteiger partial charge in [0.05, 0.1) is 18.1 Å². The molecule has 0 heterocycles. The Morgan fingerprint density at radius 2 is 1.75 bits per heavy atom. The van der Waals surface area contributed by atoms with Gasteiger partial charge >= 0.3 is 5.97 Å². The number of carbonyl (C=O) groups is 1. The lowest BCUT2D eigenvalue weighted by molar-refractivity contribution is -0.145. The lowest BCUT2D eigenvalue weighted by Crippen LogP contribution is -2.26. The van der Waals surface area contributed by atoms with Gasteiger partial charge in [0.2, 0.25) is 0 Å². The van der Waals surface area contributed by atoms with E-state index in [9.17, 15) is 4.79 Å². The minimum atomic E-state index is -1.01. The molecule has 3 N–H and O–H groups in total. The van der Waals surface area contributed by atoms with Gasteiger partial charge < -0.3 is 15.3 Å². The summed E-state index contributed by atoms with van der Waals surface area (Å²) in [5.41, 5.74) is 0. The summed E-state index contributed by atoms with van der Waals surface area (Å²) >= 11 is 0. The predicted octanol–water partition coefficient (Wildman–Crippen LogP) is 0.229. The molecule has 0 aromatic rings. The maximum atomic E-state index is 10.5. The molecule has 0 saturated carbocycles. The molecule has 0 radical (unpaired) electrons. The van der Waals surface area contributed by atoms with E-state index in [2.05, 4.69) is 0 Å². The second-order valence-electron chi connectivity index (χ2n) is 3.11. The Bertz CT molecular complexity index is 142. The fraction of sp³-hybridized carbons (Fsp3) is 0.875. The Morgan fingerprint density at radius 3 is 2.00 bits per heavy atom. The summed E-state index contributed by atoms with van der Waals surface area (Å²) in [5, 5.41) is 26.5. The molecule has 0 rings (SSSR count). The normalized spacial score (nSPS) is 18.3. The number of aliphatic hydroxyl groups excluding tert-OH is 2. The highest BCUT2D eigenvalue weighted by atomic mass is 16.4. The van der Waals surface area contributed by atoms with Crippen molar-refractivity contribution < 1.29 is 20.1 Å². The van der Waals surface area contributed by atoms with Gasteiger partial charge in [0.25, 0.3) is 0 Å². The van der Waals surface area contributed by atoms with Gasteiger partial charge in [-0.25, -0.2) is 0 Å². The first-order valence-electron chi connectivity index (χ1n) is 4.04. The van der Waals surface area contributed by atoms with Crippen molar-refractivity contribution in [1.29, 1.82) is 0 Å². The third-order valence-electron chi connectivity index (χ3n) is 1.79. The van der Waals surface area contributed by atoms with Crippen LogP contribution in [0, 0.1) is 5.92 Å². The van der Waals surface area contributed by atoms with Crippen molar-refractivity contribution in [3.05, 3.63) is 0 Å². The number of carboxylic acids is 1. The highest BCUT2D eigenvalue weighted by molar-refractivity contribution is 5.70. The molecular formula is C8H16O4. The van der Waals surface area contributed by atoms with E-state index < -0.39 is 24.1 Å². The fourth-order valence-electron chi connectivity index (χ4n) is 0.992. The Balaban J connectivity index is 3.88. The Labute approximate surface area is 71.8 Å². The van der Waals surface area contributed by atoms with E-state index in [4.69, 9.17) is 15.3 Å². The van der Waals surface area contributed by atoms with Crippen molar-refractivity contribution in [3.8, 4) is 0 Å². The average Bonchev–Trinajstić information content (AvgIpc) is 1.84. The molecular weight excluding hydrogens is 160 g/mol. The molecule has 4 nitrogen and oxygen atoms in total. The highest BCUT2D eigenvalue weighted by Crippen LogP contribution is 2.13. The van der Waals surface area contributed by atoms with E-state index >= 15 is 0 Å². The molecule has 0 aromatic heterocycles. The van der Waals surface area contributed by atoms with Gasteiger partial charge in [0, 0.05) is 0 Å². The van der Waals surface area contributed by atoms with Gasteiger partial charge in [0.15, 0.2) is 0 Å². The molecule has 4 heteroatoms. The van der Waals surface area contributed by atoms with Crippen LogP contribution in [0.3, 0.4) is 0 Å². The average molecular weight is 176 g/mol. The standard InChI is InChI=1S/C8H16O4/c1-5(9)3-4-7(6(2)10)8(11)12/h5-7,9-10H,3-4H2,1-2H3,(H,11,12). The highest BCUT2D eigenvalue weighted by Gasteiger charge is 2.22. The molecule has 0 aliphatic carbocycles. The summed E-state index contributed by atoms with van der Waals surface area (Å²) in [6.45, 7) is 3.04. The molecule has 12 heavy (non-hydrogen) atoms. The molecule has 0 spiro atoms. The molecule has 0 amide bonds. The van der Waals surface area contributed by atoms with E-state index in [1.54, 1.807) is 6.92 Å². The zero-order valence-electron chi connectivity index (χ0n) is 7.40. The van der Waals surface area contributed by atoms with Crippen molar-refractivity contribution in [1.82, 2.24) is 0 Å². The van der Waals surface area contributed by atoms with Gasteiger partial charge in [-0.2, -0.15) is 0 Å². The second-order valence-corrected chi connectivity index (χ2v) is 3.11. The first kappa shape index (κ1) is 11.4. The summed E-state index contributed by atoms with van der Waals surface area (Å²) in [6.07, 6.45) is -0.654. The van der Waals surface area contributed by atoms with Crippen LogP contribution in [0.4, 0.5) is 0 Å². The topological polar surface area (TPSA) is 77.8 Å². The van der Waals surface area contributed by atoms with E-state index in [0.717, 1.165) is 0 Å². The van der Waals surface area contributed by atoms with Gasteiger partial charge in [-0.3, -0.25) is 4.79 Å². The van der Waals surface area contributed by atoms with Gasteiger partial charge in [0.1, 0.15) is 0 Å². The largest absolute Gasteiger partial charge is 0.481 e. The van der Waals surface area contributed by atoms with Crippen LogP contribution in [0.5, 0.6) is 0 Å². The summed E-state index contributed by atoms with van der Waals surface area (Å²) in [6, 6.07) is 0. The SMILES string of the molecule is CC(O)CCC(C(=O)O)C(C)O. The van der Waals surface area contributed by atoms with Gasteiger partial charge in [-0.15, -0.1) is 0 Å². The van der Waals surface area contributed by atoms with E-state index in [-0.39, 0.29) is 0 Å². The Morgan fingerprint density at radius 1 is 1.25 bits per heavy atom. The quantitative estimate of drug-likeness (QED) is 0.560. The smallest absolute Gasteiger partial charge is 0.309 e. The lowest BCUT2D eigenvalue weighted by Gasteiger charge is -2.15. The number of hydrogen-bond donors (Lipinski definition) is 3. The minimum absolute atomic E-state index is 0.310. The lowest BCUT2D eigenvalue weighted by atomic mass is 9.97. The van der Waals surface area contributed by atoms with Crippen molar-refractivity contribution in [3.63, 3.8) is 0 Å². The monoisotopic (exact) mass is 176 g/mol. The molecule has 3 unspecified atom stereocenters.